The van der Waals surface area contributed by atoms with Gasteiger partial charge in [0.1, 0.15) is 18.2 Å². The minimum Gasteiger partial charge on any atom is -0.467 e. The molecule has 0 radical (unpaired) electrons. The van der Waals surface area contributed by atoms with Gasteiger partial charge in [-0.1, -0.05) is 0 Å². The van der Waals surface area contributed by atoms with Crippen LogP contribution in [-0.4, -0.2) is 27.8 Å². The third-order valence-electron chi connectivity index (χ3n) is 2.10. The zero-order chi connectivity index (χ0) is 8.55. The van der Waals surface area contributed by atoms with E-state index in [-0.39, 0.29) is 12.0 Å². The summed E-state index contributed by atoms with van der Waals surface area (Å²) in [6, 6.07) is -0.208. The van der Waals surface area contributed by atoms with Crippen molar-refractivity contribution in [2.75, 3.05) is 7.11 Å². The minimum atomic E-state index is -0.214. The third kappa shape index (κ3) is 0.895. The van der Waals surface area contributed by atoms with Gasteiger partial charge in [0.15, 0.2) is 0 Å². The van der Waals surface area contributed by atoms with Crippen molar-refractivity contribution in [3.8, 4) is 0 Å². The maximum atomic E-state index is 11.2. The number of fused-ring (bicyclic) bond motifs is 1. The van der Waals surface area contributed by atoms with Crippen molar-refractivity contribution in [2.24, 2.45) is 0 Å². The summed E-state index contributed by atoms with van der Waals surface area (Å²) in [5.41, 5.74) is 0. The van der Waals surface area contributed by atoms with E-state index in [1.807, 2.05) is 0 Å². The van der Waals surface area contributed by atoms with Gasteiger partial charge in [-0.2, -0.15) is 0 Å². The van der Waals surface area contributed by atoms with Crippen LogP contribution in [0.1, 0.15) is 18.3 Å². The standard InChI is InChI=1S/C7H9N3O2/c1-12-7(11)5-2-3-6-9-8-4-10(5)6/h4-5H,2-3H2,1H3. The lowest BCUT2D eigenvalue weighted by Gasteiger charge is -2.07. The lowest BCUT2D eigenvalue weighted by atomic mass is 10.2. The second-order valence-corrected chi connectivity index (χ2v) is 2.73. The van der Waals surface area contributed by atoms with Gasteiger partial charge in [0.05, 0.1) is 7.11 Å². The van der Waals surface area contributed by atoms with Gasteiger partial charge >= 0.3 is 5.97 Å². The van der Waals surface area contributed by atoms with Crippen LogP contribution in [0.15, 0.2) is 6.33 Å². The molecule has 0 fully saturated rings. The SMILES string of the molecule is COC(=O)C1CCc2nncn21. The Morgan fingerprint density at radius 3 is 3.42 bits per heavy atom. The number of aryl methyl sites for hydroxylation is 1. The first-order valence-electron chi connectivity index (χ1n) is 3.79. The molecule has 1 aromatic rings. The Bertz CT molecular complexity index is 307. The smallest absolute Gasteiger partial charge is 0.328 e. The van der Waals surface area contributed by atoms with Crippen molar-refractivity contribution in [1.82, 2.24) is 14.8 Å². The first-order chi connectivity index (χ1) is 5.83. The predicted octanol–water partition coefficient (Wildman–Crippen LogP) is -0.0616. The summed E-state index contributed by atoms with van der Waals surface area (Å²) in [6.07, 6.45) is 3.15. The second-order valence-electron chi connectivity index (χ2n) is 2.73. The van der Waals surface area contributed by atoms with Crippen LogP contribution in [0.3, 0.4) is 0 Å². The Balaban J connectivity index is 2.28. The molecule has 1 aliphatic rings. The summed E-state index contributed by atoms with van der Waals surface area (Å²) in [7, 11) is 1.39. The Kier molecular flexibility index (Phi) is 1.56. The molecular formula is C7H9N3O2. The number of carbonyl (C=O) groups is 1. The molecule has 2 rings (SSSR count). The summed E-state index contributed by atoms with van der Waals surface area (Å²) in [4.78, 5) is 11.2. The highest BCUT2D eigenvalue weighted by Gasteiger charge is 2.29. The lowest BCUT2D eigenvalue weighted by Crippen LogP contribution is -2.16. The first kappa shape index (κ1) is 7.27. The molecule has 2 heterocycles. The van der Waals surface area contributed by atoms with E-state index in [9.17, 15) is 4.79 Å². The zero-order valence-corrected chi connectivity index (χ0v) is 6.73. The van der Waals surface area contributed by atoms with Crippen LogP contribution in [0.2, 0.25) is 0 Å². The van der Waals surface area contributed by atoms with E-state index in [1.54, 1.807) is 10.9 Å². The summed E-state index contributed by atoms with van der Waals surface area (Å²) < 4.78 is 6.41. The zero-order valence-electron chi connectivity index (χ0n) is 6.73. The first-order valence-corrected chi connectivity index (χ1v) is 3.79. The van der Waals surface area contributed by atoms with Gasteiger partial charge in [-0.15, -0.1) is 10.2 Å². The summed E-state index contributed by atoms with van der Waals surface area (Å²) >= 11 is 0. The van der Waals surface area contributed by atoms with Crippen LogP contribution in [0.5, 0.6) is 0 Å². The Morgan fingerprint density at radius 1 is 1.83 bits per heavy atom. The molecule has 0 saturated heterocycles. The van der Waals surface area contributed by atoms with Crippen molar-refractivity contribution < 1.29 is 9.53 Å². The average Bonchev–Trinajstić information content (AvgIpc) is 2.62. The van der Waals surface area contributed by atoms with Gasteiger partial charge in [0.25, 0.3) is 0 Å². The number of rotatable bonds is 1. The van der Waals surface area contributed by atoms with Crippen LogP contribution in [0.25, 0.3) is 0 Å². The van der Waals surface area contributed by atoms with E-state index in [0.29, 0.717) is 0 Å². The van der Waals surface area contributed by atoms with E-state index in [0.717, 1.165) is 18.7 Å². The second kappa shape index (κ2) is 2.58. The van der Waals surface area contributed by atoms with E-state index >= 15 is 0 Å². The molecule has 0 N–H and O–H groups in total. The number of hydrogen-bond acceptors (Lipinski definition) is 4. The predicted molar refractivity (Wildman–Crippen MR) is 39.4 cm³/mol. The van der Waals surface area contributed by atoms with Crippen LogP contribution >= 0.6 is 0 Å². The van der Waals surface area contributed by atoms with Crippen molar-refractivity contribution in [1.29, 1.82) is 0 Å². The monoisotopic (exact) mass is 167 g/mol. The van der Waals surface area contributed by atoms with Crippen molar-refractivity contribution in [3.05, 3.63) is 12.2 Å². The molecule has 1 aromatic heterocycles. The number of esters is 1. The molecular weight excluding hydrogens is 158 g/mol. The Morgan fingerprint density at radius 2 is 2.67 bits per heavy atom. The lowest BCUT2D eigenvalue weighted by molar-refractivity contribution is -0.144. The largest absolute Gasteiger partial charge is 0.467 e. The van der Waals surface area contributed by atoms with E-state index < -0.39 is 0 Å². The molecule has 0 bridgehead atoms. The van der Waals surface area contributed by atoms with E-state index in [4.69, 9.17) is 0 Å². The topological polar surface area (TPSA) is 57.0 Å². The van der Waals surface area contributed by atoms with Gasteiger partial charge in [0, 0.05) is 6.42 Å². The normalized spacial score (nSPS) is 20.6. The highest BCUT2D eigenvalue weighted by Crippen LogP contribution is 2.24. The number of carbonyl (C=O) groups excluding carboxylic acids is 1. The molecule has 1 unspecified atom stereocenters. The highest BCUT2D eigenvalue weighted by molar-refractivity contribution is 5.74. The van der Waals surface area contributed by atoms with Crippen LogP contribution in [0.4, 0.5) is 0 Å². The summed E-state index contributed by atoms with van der Waals surface area (Å²) in [5, 5.41) is 7.58. The van der Waals surface area contributed by atoms with Crippen molar-refractivity contribution in [3.63, 3.8) is 0 Å². The van der Waals surface area contributed by atoms with Crippen LogP contribution in [-0.2, 0) is 16.0 Å². The fourth-order valence-electron chi connectivity index (χ4n) is 1.48. The van der Waals surface area contributed by atoms with Gasteiger partial charge in [-0.3, -0.25) is 0 Å². The van der Waals surface area contributed by atoms with Crippen molar-refractivity contribution in [2.45, 2.75) is 18.9 Å². The number of methoxy groups -OCH3 is 1. The third-order valence-corrected chi connectivity index (χ3v) is 2.10. The molecule has 64 valence electrons. The van der Waals surface area contributed by atoms with Gasteiger partial charge in [-0.05, 0) is 6.42 Å². The number of ether oxygens (including phenoxy) is 1. The fraction of sp³-hybridized carbons (Fsp3) is 0.571. The quantitative estimate of drug-likeness (QED) is 0.550. The van der Waals surface area contributed by atoms with E-state index in [1.165, 1.54) is 7.11 Å². The molecule has 5 nitrogen and oxygen atoms in total. The van der Waals surface area contributed by atoms with Crippen molar-refractivity contribution >= 4 is 5.97 Å². The molecule has 1 atom stereocenters. The van der Waals surface area contributed by atoms with Gasteiger partial charge in [0.2, 0.25) is 0 Å². The number of hydrogen-bond donors (Lipinski definition) is 0. The van der Waals surface area contributed by atoms with Gasteiger partial charge in [-0.25, -0.2) is 4.79 Å². The number of nitrogens with zero attached hydrogens (tertiary/aromatic N) is 3. The molecule has 0 aromatic carbocycles. The maximum Gasteiger partial charge on any atom is 0.328 e. The van der Waals surface area contributed by atoms with E-state index in [2.05, 4.69) is 14.9 Å². The summed E-state index contributed by atoms with van der Waals surface area (Å²) in [5.74, 6) is 0.652. The van der Waals surface area contributed by atoms with Crippen LogP contribution in [0, 0.1) is 0 Å². The molecule has 1 aliphatic heterocycles. The molecule has 5 heteroatoms. The fourth-order valence-corrected chi connectivity index (χ4v) is 1.48. The maximum absolute atomic E-state index is 11.2. The minimum absolute atomic E-state index is 0.208. The number of aromatic nitrogens is 3. The average molecular weight is 167 g/mol. The molecule has 0 amide bonds. The molecule has 12 heavy (non-hydrogen) atoms. The Labute approximate surface area is 69.4 Å². The highest BCUT2D eigenvalue weighted by atomic mass is 16.5. The van der Waals surface area contributed by atoms with Gasteiger partial charge < -0.3 is 9.30 Å². The molecule has 0 saturated carbocycles. The van der Waals surface area contributed by atoms with Crippen LogP contribution < -0.4 is 0 Å². The summed E-state index contributed by atoms with van der Waals surface area (Å²) in [6.45, 7) is 0. The molecule has 0 spiro atoms. The molecule has 0 aliphatic carbocycles. The Hall–Kier alpha value is -1.39.